The first-order valence-corrected chi connectivity index (χ1v) is 10.2. The summed E-state index contributed by atoms with van der Waals surface area (Å²) in [5.41, 5.74) is 3.09. The van der Waals surface area contributed by atoms with Crippen LogP contribution in [-0.2, 0) is 4.79 Å². The Balaban J connectivity index is 1.63. The van der Waals surface area contributed by atoms with Crippen molar-refractivity contribution in [3.05, 3.63) is 60.8 Å². The molecule has 0 unspecified atom stereocenters. The van der Waals surface area contributed by atoms with E-state index in [9.17, 15) is 9.90 Å². The zero-order valence-corrected chi connectivity index (χ0v) is 16.3. The van der Waals surface area contributed by atoms with Crippen LogP contribution in [0.4, 0.5) is 5.82 Å². The molecule has 0 spiro atoms. The van der Waals surface area contributed by atoms with Crippen LogP contribution >= 0.6 is 0 Å². The highest BCUT2D eigenvalue weighted by Gasteiger charge is 2.19. The number of carbonyl (C=O) groups is 1. The zero-order valence-electron chi connectivity index (χ0n) is 16.3. The zero-order chi connectivity index (χ0) is 20.1. The first-order chi connectivity index (χ1) is 14.2. The third-order valence-corrected chi connectivity index (χ3v) is 5.44. The summed E-state index contributed by atoms with van der Waals surface area (Å²) in [4.78, 5) is 22.0. The molecule has 4 rings (SSSR count). The highest BCUT2D eigenvalue weighted by atomic mass is 16.3. The van der Waals surface area contributed by atoms with E-state index in [-0.39, 0.29) is 11.7 Å². The Morgan fingerprint density at radius 1 is 0.966 bits per heavy atom. The molecule has 1 aromatic heterocycles. The molecule has 1 saturated carbocycles. The van der Waals surface area contributed by atoms with Crippen molar-refractivity contribution in [1.29, 1.82) is 0 Å². The largest absolute Gasteiger partial charge is 0.508 e. The molecule has 29 heavy (non-hydrogen) atoms. The van der Waals surface area contributed by atoms with Crippen LogP contribution in [0.25, 0.3) is 22.5 Å². The van der Waals surface area contributed by atoms with E-state index in [1.54, 1.807) is 30.5 Å². The molecule has 5 nitrogen and oxygen atoms in total. The van der Waals surface area contributed by atoms with Crippen LogP contribution in [0.1, 0.15) is 38.5 Å². The molecule has 1 heterocycles. The molecule has 0 radical (unpaired) electrons. The maximum Gasteiger partial charge on any atom is 0.225 e. The number of phenols is 1. The molecular weight excluding hydrogens is 362 g/mol. The van der Waals surface area contributed by atoms with E-state index in [4.69, 9.17) is 4.98 Å². The van der Waals surface area contributed by atoms with Gasteiger partial charge in [0, 0.05) is 17.5 Å². The van der Waals surface area contributed by atoms with Crippen molar-refractivity contribution in [3.63, 3.8) is 0 Å². The molecule has 1 amide bonds. The second kappa shape index (κ2) is 8.86. The molecule has 2 N–H and O–H groups in total. The number of aromatic hydroxyl groups is 1. The van der Waals surface area contributed by atoms with Crippen LogP contribution in [0.3, 0.4) is 0 Å². The van der Waals surface area contributed by atoms with Gasteiger partial charge in [0.05, 0.1) is 11.9 Å². The van der Waals surface area contributed by atoms with Crippen molar-refractivity contribution in [3.8, 4) is 28.3 Å². The molecule has 1 aliphatic carbocycles. The molecule has 1 aliphatic rings. The summed E-state index contributed by atoms with van der Waals surface area (Å²) in [7, 11) is 0. The number of rotatable bonds is 5. The van der Waals surface area contributed by atoms with Crippen LogP contribution in [0.5, 0.6) is 5.75 Å². The second-order valence-electron chi connectivity index (χ2n) is 7.62. The average molecular weight is 387 g/mol. The smallest absolute Gasteiger partial charge is 0.225 e. The lowest BCUT2D eigenvalue weighted by Crippen LogP contribution is -2.19. The molecule has 0 aliphatic heterocycles. The van der Waals surface area contributed by atoms with Gasteiger partial charge in [0.25, 0.3) is 0 Å². The summed E-state index contributed by atoms with van der Waals surface area (Å²) in [6.07, 6.45) is 8.15. The Morgan fingerprint density at radius 2 is 1.69 bits per heavy atom. The fourth-order valence-electron chi connectivity index (χ4n) is 3.89. The number of hydrogen-bond acceptors (Lipinski definition) is 4. The van der Waals surface area contributed by atoms with Crippen molar-refractivity contribution in [2.75, 3.05) is 5.32 Å². The summed E-state index contributed by atoms with van der Waals surface area (Å²) >= 11 is 0. The van der Waals surface area contributed by atoms with E-state index in [0.29, 0.717) is 23.9 Å². The SMILES string of the molecule is O=C(CC1CCCCC1)Nc1ncc(-c2ccccc2)nc1-c1ccc(O)cc1. The fraction of sp³-hybridized carbons (Fsp3) is 0.292. The number of nitrogens with one attached hydrogen (secondary N) is 1. The number of phenolic OH excluding ortho intramolecular Hbond substituents is 1. The highest BCUT2D eigenvalue weighted by molar-refractivity contribution is 5.93. The molecule has 3 aromatic rings. The fourth-order valence-corrected chi connectivity index (χ4v) is 3.89. The quantitative estimate of drug-likeness (QED) is 0.612. The summed E-state index contributed by atoms with van der Waals surface area (Å²) in [6.45, 7) is 0. The Bertz CT molecular complexity index is 965. The van der Waals surface area contributed by atoms with Gasteiger partial charge in [-0.05, 0) is 43.0 Å². The molecule has 2 aromatic carbocycles. The van der Waals surface area contributed by atoms with Gasteiger partial charge in [-0.25, -0.2) is 9.97 Å². The van der Waals surface area contributed by atoms with Crippen LogP contribution in [-0.4, -0.2) is 21.0 Å². The van der Waals surface area contributed by atoms with Gasteiger partial charge in [-0.2, -0.15) is 0 Å². The maximum absolute atomic E-state index is 12.7. The summed E-state index contributed by atoms with van der Waals surface area (Å²) in [5.74, 6) is 1.08. The minimum Gasteiger partial charge on any atom is -0.508 e. The summed E-state index contributed by atoms with van der Waals surface area (Å²) in [5, 5.41) is 12.6. The number of aromatic nitrogens is 2. The Morgan fingerprint density at radius 3 is 2.41 bits per heavy atom. The lowest BCUT2D eigenvalue weighted by Gasteiger charge is -2.21. The van der Waals surface area contributed by atoms with Crippen LogP contribution in [0.15, 0.2) is 60.8 Å². The summed E-state index contributed by atoms with van der Waals surface area (Å²) in [6, 6.07) is 16.6. The van der Waals surface area contributed by atoms with Crippen molar-refractivity contribution in [2.24, 2.45) is 5.92 Å². The van der Waals surface area contributed by atoms with E-state index in [0.717, 1.165) is 29.7 Å². The molecular formula is C24H25N3O2. The van der Waals surface area contributed by atoms with Gasteiger partial charge in [0.2, 0.25) is 5.91 Å². The van der Waals surface area contributed by atoms with E-state index < -0.39 is 0 Å². The molecule has 0 bridgehead atoms. The van der Waals surface area contributed by atoms with Gasteiger partial charge >= 0.3 is 0 Å². The van der Waals surface area contributed by atoms with Gasteiger partial charge < -0.3 is 10.4 Å². The molecule has 1 fully saturated rings. The molecule has 148 valence electrons. The predicted molar refractivity (Wildman–Crippen MR) is 114 cm³/mol. The number of hydrogen-bond donors (Lipinski definition) is 2. The van der Waals surface area contributed by atoms with E-state index in [2.05, 4.69) is 10.3 Å². The number of anilines is 1. The van der Waals surface area contributed by atoms with Gasteiger partial charge in [-0.15, -0.1) is 0 Å². The Hall–Kier alpha value is -3.21. The van der Waals surface area contributed by atoms with Crippen LogP contribution in [0.2, 0.25) is 0 Å². The predicted octanol–water partition coefficient (Wildman–Crippen LogP) is 5.43. The topological polar surface area (TPSA) is 75.1 Å². The van der Waals surface area contributed by atoms with E-state index in [1.165, 1.54) is 19.3 Å². The summed E-state index contributed by atoms with van der Waals surface area (Å²) < 4.78 is 0. The maximum atomic E-state index is 12.7. The minimum absolute atomic E-state index is 0.0151. The number of nitrogens with zero attached hydrogens (tertiary/aromatic N) is 2. The third-order valence-electron chi connectivity index (χ3n) is 5.44. The number of amides is 1. The Labute approximate surface area is 170 Å². The number of carbonyl (C=O) groups excluding carboxylic acids is 1. The van der Waals surface area contributed by atoms with Crippen LogP contribution in [0, 0.1) is 5.92 Å². The van der Waals surface area contributed by atoms with Crippen molar-refractivity contribution < 1.29 is 9.90 Å². The standard InChI is InChI=1S/C24H25N3O2/c28-20-13-11-19(12-14-20)23-24(27-22(29)15-17-7-3-1-4-8-17)25-16-21(26-23)18-9-5-2-6-10-18/h2,5-6,9-14,16-17,28H,1,3-4,7-8,15H2,(H,25,27,29). The molecule has 0 atom stereocenters. The lowest BCUT2D eigenvalue weighted by molar-refractivity contribution is -0.117. The van der Waals surface area contributed by atoms with Gasteiger partial charge in [-0.3, -0.25) is 4.79 Å². The van der Waals surface area contributed by atoms with Gasteiger partial charge in [0.15, 0.2) is 5.82 Å². The van der Waals surface area contributed by atoms with Crippen molar-refractivity contribution >= 4 is 11.7 Å². The normalized spacial score (nSPS) is 14.5. The molecule has 0 saturated heterocycles. The second-order valence-corrected chi connectivity index (χ2v) is 7.62. The number of benzene rings is 2. The first kappa shape index (κ1) is 19.1. The van der Waals surface area contributed by atoms with E-state index >= 15 is 0 Å². The lowest BCUT2D eigenvalue weighted by atomic mass is 9.87. The Kier molecular flexibility index (Phi) is 5.84. The van der Waals surface area contributed by atoms with Crippen molar-refractivity contribution in [1.82, 2.24) is 9.97 Å². The van der Waals surface area contributed by atoms with Gasteiger partial charge in [-0.1, -0.05) is 49.6 Å². The monoisotopic (exact) mass is 387 g/mol. The van der Waals surface area contributed by atoms with Crippen molar-refractivity contribution in [2.45, 2.75) is 38.5 Å². The minimum atomic E-state index is -0.0151. The average Bonchev–Trinajstić information content (AvgIpc) is 2.76. The highest BCUT2D eigenvalue weighted by Crippen LogP contribution is 2.30. The first-order valence-electron chi connectivity index (χ1n) is 10.2. The molecule has 5 heteroatoms. The van der Waals surface area contributed by atoms with E-state index in [1.807, 2.05) is 30.3 Å². The third kappa shape index (κ3) is 4.80. The van der Waals surface area contributed by atoms with Gasteiger partial charge in [0.1, 0.15) is 11.4 Å². The van der Waals surface area contributed by atoms with Crippen LogP contribution < -0.4 is 5.32 Å².